The number of hydrogen-bond acceptors (Lipinski definition) is 5. The van der Waals surface area contributed by atoms with E-state index in [2.05, 4.69) is 40.4 Å². The minimum atomic E-state index is -0.244. The van der Waals surface area contributed by atoms with E-state index in [1.54, 1.807) is 23.7 Å². The smallest absolute Gasteiger partial charge is 0.183 e. The Morgan fingerprint density at radius 2 is 2.04 bits per heavy atom. The van der Waals surface area contributed by atoms with Gasteiger partial charge in [0.15, 0.2) is 10.8 Å². The van der Waals surface area contributed by atoms with Crippen molar-refractivity contribution in [3.05, 3.63) is 54.4 Å². The molecule has 4 rings (SSSR count). The normalized spacial score (nSPS) is 11.4. The van der Waals surface area contributed by atoms with Crippen LogP contribution in [0.3, 0.4) is 0 Å². The van der Waals surface area contributed by atoms with Crippen molar-refractivity contribution in [2.45, 2.75) is 26.8 Å². The van der Waals surface area contributed by atoms with Crippen molar-refractivity contribution in [2.75, 3.05) is 5.32 Å². The number of fused-ring (bicyclic) bond motifs is 1. The van der Waals surface area contributed by atoms with Gasteiger partial charge in [0.2, 0.25) is 0 Å². The Morgan fingerprint density at radius 3 is 2.81 bits per heavy atom. The van der Waals surface area contributed by atoms with Crippen LogP contribution in [-0.2, 0) is 0 Å². The van der Waals surface area contributed by atoms with Gasteiger partial charge in [-0.2, -0.15) is 0 Å². The number of benzene rings is 1. The molecule has 0 spiro atoms. The summed E-state index contributed by atoms with van der Waals surface area (Å²) in [5.74, 6) is -0.244. The lowest BCUT2D eigenvalue weighted by Gasteiger charge is -2.10. The fourth-order valence-electron chi connectivity index (χ4n) is 2.92. The molecule has 26 heavy (non-hydrogen) atoms. The summed E-state index contributed by atoms with van der Waals surface area (Å²) in [5.41, 5.74) is 4.48. The minimum absolute atomic E-state index is 0.244. The van der Waals surface area contributed by atoms with E-state index in [1.807, 2.05) is 23.7 Å². The van der Waals surface area contributed by atoms with Crippen LogP contribution in [0.1, 0.15) is 19.4 Å². The molecule has 3 heterocycles. The molecule has 5 nitrogen and oxygen atoms in total. The summed E-state index contributed by atoms with van der Waals surface area (Å²) >= 11 is 1.60. The number of nitrogens with zero attached hydrogens (tertiary/aromatic N) is 4. The molecule has 7 heteroatoms. The van der Waals surface area contributed by atoms with Gasteiger partial charge in [0.1, 0.15) is 12.1 Å². The average molecular weight is 367 g/mol. The number of nitrogens with one attached hydrogen (secondary N) is 1. The van der Waals surface area contributed by atoms with Gasteiger partial charge in [0.05, 0.1) is 4.88 Å². The maximum absolute atomic E-state index is 13.5. The van der Waals surface area contributed by atoms with Gasteiger partial charge >= 0.3 is 0 Å². The van der Waals surface area contributed by atoms with Crippen LogP contribution in [0.4, 0.5) is 9.52 Å². The lowest BCUT2D eigenvalue weighted by molar-refractivity contribution is 0.627. The van der Waals surface area contributed by atoms with E-state index in [1.165, 1.54) is 12.1 Å². The number of pyridine rings is 1. The van der Waals surface area contributed by atoms with E-state index >= 15 is 0 Å². The second-order valence-corrected chi connectivity index (χ2v) is 7.52. The molecule has 0 unspecified atom stereocenters. The van der Waals surface area contributed by atoms with Crippen LogP contribution in [0, 0.1) is 12.7 Å². The molecule has 0 saturated carbocycles. The topological polar surface area (TPSA) is 55.1 Å². The molecular formula is C19H18FN5S. The number of aryl methyl sites for hydroxylation is 1. The molecule has 0 atom stereocenters. The molecule has 1 aromatic carbocycles. The summed E-state index contributed by atoms with van der Waals surface area (Å²) < 4.78 is 15.4. The largest absolute Gasteiger partial charge is 0.359 e. The maximum Gasteiger partial charge on any atom is 0.183 e. The van der Waals surface area contributed by atoms with E-state index in [9.17, 15) is 4.39 Å². The van der Waals surface area contributed by atoms with Crippen molar-refractivity contribution in [3.63, 3.8) is 0 Å². The standard InChI is InChI=1S/C19H18FN5S/c1-11(2)23-19-21-8-17(26-19)13-7-16(18-24-22-10-25(18)9-13)15-5-4-14(20)6-12(15)3/h4-11H,1-3H3,(H,21,23). The molecule has 0 aliphatic heterocycles. The molecule has 0 aliphatic carbocycles. The third-order valence-electron chi connectivity index (χ3n) is 4.07. The van der Waals surface area contributed by atoms with Crippen molar-refractivity contribution >= 4 is 22.1 Å². The number of halogens is 1. The molecule has 0 saturated heterocycles. The Bertz CT molecular complexity index is 1080. The molecule has 0 bridgehead atoms. The molecule has 0 fully saturated rings. The molecule has 3 aromatic heterocycles. The van der Waals surface area contributed by atoms with Crippen LogP contribution in [0.5, 0.6) is 0 Å². The van der Waals surface area contributed by atoms with Gasteiger partial charge in [0.25, 0.3) is 0 Å². The fraction of sp³-hybridized carbons (Fsp3) is 0.211. The van der Waals surface area contributed by atoms with Crippen LogP contribution in [0.2, 0.25) is 0 Å². The summed E-state index contributed by atoms with van der Waals surface area (Å²) in [5, 5.41) is 12.5. The monoisotopic (exact) mass is 367 g/mol. The lowest BCUT2D eigenvalue weighted by Crippen LogP contribution is -2.08. The van der Waals surface area contributed by atoms with Crippen LogP contribution >= 0.6 is 11.3 Å². The van der Waals surface area contributed by atoms with Gasteiger partial charge in [-0.15, -0.1) is 10.2 Å². The zero-order valence-corrected chi connectivity index (χ0v) is 15.5. The summed E-state index contributed by atoms with van der Waals surface area (Å²) in [6.45, 7) is 6.06. The molecule has 0 aliphatic rings. The highest BCUT2D eigenvalue weighted by Crippen LogP contribution is 2.34. The van der Waals surface area contributed by atoms with Gasteiger partial charge < -0.3 is 5.32 Å². The summed E-state index contributed by atoms with van der Waals surface area (Å²) in [4.78, 5) is 5.50. The Morgan fingerprint density at radius 1 is 1.19 bits per heavy atom. The lowest BCUT2D eigenvalue weighted by atomic mass is 10.00. The first-order valence-corrected chi connectivity index (χ1v) is 9.15. The van der Waals surface area contributed by atoms with Gasteiger partial charge in [-0.1, -0.05) is 17.4 Å². The SMILES string of the molecule is Cc1cc(F)ccc1-c1cc(-c2cnc(NC(C)C)s2)cn2cnnc12. The Balaban J connectivity index is 1.86. The molecule has 0 amide bonds. The van der Waals surface area contributed by atoms with Gasteiger partial charge in [-0.25, -0.2) is 9.37 Å². The van der Waals surface area contributed by atoms with E-state index in [4.69, 9.17) is 0 Å². The molecular weight excluding hydrogens is 349 g/mol. The van der Waals surface area contributed by atoms with Gasteiger partial charge in [0, 0.05) is 29.6 Å². The summed E-state index contributed by atoms with van der Waals surface area (Å²) in [6, 6.07) is 7.19. The summed E-state index contributed by atoms with van der Waals surface area (Å²) in [7, 11) is 0. The van der Waals surface area contributed by atoms with Crippen molar-refractivity contribution in [1.29, 1.82) is 0 Å². The Labute approximate surface area is 154 Å². The van der Waals surface area contributed by atoms with Crippen molar-refractivity contribution in [2.24, 2.45) is 0 Å². The predicted octanol–water partition coefficient (Wildman–Crippen LogP) is 4.79. The van der Waals surface area contributed by atoms with Crippen molar-refractivity contribution < 1.29 is 4.39 Å². The minimum Gasteiger partial charge on any atom is -0.359 e. The van der Waals surface area contributed by atoms with E-state index in [0.717, 1.165) is 37.9 Å². The van der Waals surface area contributed by atoms with E-state index < -0.39 is 0 Å². The molecule has 132 valence electrons. The first-order chi connectivity index (χ1) is 12.5. The second kappa shape index (κ2) is 6.49. The van der Waals surface area contributed by atoms with E-state index in [0.29, 0.717) is 6.04 Å². The first-order valence-electron chi connectivity index (χ1n) is 8.34. The maximum atomic E-state index is 13.5. The Hall–Kier alpha value is -2.80. The highest BCUT2D eigenvalue weighted by atomic mass is 32.1. The number of aromatic nitrogens is 4. The highest BCUT2D eigenvalue weighted by molar-refractivity contribution is 7.18. The van der Waals surface area contributed by atoms with Gasteiger partial charge in [-0.3, -0.25) is 4.40 Å². The number of thiazole rings is 1. The van der Waals surface area contributed by atoms with Gasteiger partial charge in [-0.05, 0) is 50.1 Å². The van der Waals surface area contributed by atoms with Crippen molar-refractivity contribution in [3.8, 4) is 21.6 Å². The third kappa shape index (κ3) is 3.06. The number of anilines is 1. The number of hydrogen-bond donors (Lipinski definition) is 1. The van der Waals surface area contributed by atoms with Crippen LogP contribution < -0.4 is 5.32 Å². The predicted molar refractivity (Wildman–Crippen MR) is 103 cm³/mol. The zero-order valence-electron chi connectivity index (χ0n) is 14.7. The summed E-state index contributed by atoms with van der Waals surface area (Å²) in [6.07, 6.45) is 5.53. The van der Waals surface area contributed by atoms with Crippen molar-refractivity contribution in [1.82, 2.24) is 19.6 Å². The molecule has 0 radical (unpaired) electrons. The third-order valence-corrected chi connectivity index (χ3v) is 5.05. The first kappa shape index (κ1) is 16.7. The zero-order chi connectivity index (χ0) is 18.3. The van der Waals surface area contributed by atoms with E-state index in [-0.39, 0.29) is 5.82 Å². The highest BCUT2D eigenvalue weighted by Gasteiger charge is 2.14. The second-order valence-electron chi connectivity index (χ2n) is 6.49. The molecule has 1 N–H and O–H groups in total. The fourth-order valence-corrected chi connectivity index (χ4v) is 3.86. The quantitative estimate of drug-likeness (QED) is 0.564. The average Bonchev–Trinajstić information content (AvgIpc) is 3.22. The van der Waals surface area contributed by atoms with Crippen LogP contribution in [-0.4, -0.2) is 25.6 Å². The molecule has 4 aromatic rings. The van der Waals surface area contributed by atoms with Crippen LogP contribution in [0.25, 0.3) is 27.2 Å². The Kier molecular flexibility index (Phi) is 4.16. The van der Waals surface area contributed by atoms with Crippen LogP contribution in [0.15, 0.2) is 43.0 Å². The number of rotatable bonds is 4.